The summed E-state index contributed by atoms with van der Waals surface area (Å²) in [5.41, 5.74) is 2.23. The molecule has 10 nitrogen and oxygen atoms in total. The smallest absolute Gasteiger partial charge is 0.250 e. The van der Waals surface area contributed by atoms with Gasteiger partial charge in [0.1, 0.15) is 12.1 Å². The number of carbonyl (C=O) groups is 2. The fourth-order valence-electron chi connectivity index (χ4n) is 5.70. The molecule has 3 heterocycles. The molecule has 3 aliphatic rings. The first-order chi connectivity index (χ1) is 17.0. The molecule has 1 saturated carbocycles. The van der Waals surface area contributed by atoms with E-state index in [4.69, 9.17) is 0 Å². The van der Waals surface area contributed by atoms with Crippen molar-refractivity contribution in [3.05, 3.63) is 45.6 Å². The molecule has 10 heteroatoms. The fraction of sp³-hybridized carbons (Fsp3) is 0.654. The third-order valence-corrected chi connectivity index (χ3v) is 7.78. The van der Waals surface area contributed by atoms with Gasteiger partial charge in [0.25, 0.3) is 0 Å². The average molecular weight is 497 g/mol. The second-order valence-corrected chi connectivity index (χ2v) is 11.6. The van der Waals surface area contributed by atoms with Crippen LogP contribution in [0.2, 0.25) is 0 Å². The van der Waals surface area contributed by atoms with Gasteiger partial charge in [0, 0.05) is 43.9 Å². The Morgan fingerprint density at radius 1 is 1.19 bits per heavy atom. The summed E-state index contributed by atoms with van der Waals surface area (Å²) in [5.74, 6) is -0.103. The first-order valence-electron chi connectivity index (χ1n) is 12.9. The van der Waals surface area contributed by atoms with Gasteiger partial charge in [-0.25, -0.2) is 4.68 Å². The normalized spacial score (nSPS) is 24.9. The fourth-order valence-corrected chi connectivity index (χ4v) is 5.70. The minimum Gasteiger partial charge on any atom is -0.391 e. The van der Waals surface area contributed by atoms with Crippen molar-refractivity contribution < 1.29 is 14.7 Å². The Bertz CT molecular complexity index is 1220. The molecular weight excluding hydrogens is 460 g/mol. The van der Waals surface area contributed by atoms with Gasteiger partial charge in [-0.2, -0.15) is 0 Å². The van der Waals surface area contributed by atoms with Crippen molar-refractivity contribution in [2.75, 3.05) is 6.54 Å². The van der Waals surface area contributed by atoms with E-state index >= 15 is 0 Å². The summed E-state index contributed by atoms with van der Waals surface area (Å²) in [4.78, 5) is 41.0. The molecule has 2 N–H and O–H groups in total. The van der Waals surface area contributed by atoms with Crippen LogP contribution >= 0.6 is 0 Å². The molecule has 2 aromatic heterocycles. The van der Waals surface area contributed by atoms with Crippen molar-refractivity contribution >= 4 is 11.8 Å². The van der Waals surface area contributed by atoms with Crippen molar-refractivity contribution in [1.29, 1.82) is 0 Å². The Labute approximate surface area is 210 Å². The van der Waals surface area contributed by atoms with Gasteiger partial charge >= 0.3 is 0 Å². The highest BCUT2D eigenvalue weighted by Crippen LogP contribution is 2.40. The number of aliphatic hydroxyl groups excluding tert-OH is 1. The molecule has 1 saturated heterocycles. The molecule has 2 fully saturated rings. The molecule has 2 aliphatic carbocycles. The molecule has 4 atom stereocenters. The van der Waals surface area contributed by atoms with Crippen molar-refractivity contribution in [2.45, 2.75) is 89.4 Å². The number of carbonyl (C=O) groups excluding carboxylic acids is 2. The van der Waals surface area contributed by atoms with Crippen molar-refractivity contribution in [1.82, 2.24) is 29.8 Å². The van der Waals surface area contributed by atoms with Crippen LogP contribution in [0, 0.1) is 5.41 Å². The number of β-amino-alcohol motifs (C(OH)–C–C–N with tert-alkyl or cyclic N) is 1. The maximum atomic E-state index is 13.9. The molecule has 194 valence electrons. The summed E-state index contributed by atoms with van der Waals surface area (Å²) in [5, 5.41) is 22.2. The van der Waals surface area contributed by atoms with Crippen molar-refractivity contribution in [3.8, 4) is 0 Å². The van der Waals surface area contributed by atoms with Crippen molar-refractivity contribution in [3.63, 3.8) is 0 Å². The highest BCUT2D eigenvalue weighted by atomic mass is 16.3. The van der Waals surface area contributed by atoms with Gasteiger partial charge in [-0.15, -0.1) is 5.10 Å². The Kier molecular flexibility index (Phi) is 6.26. The van der Waals surface area contributed by atoms with Crippen LogP contribution in [0.25, 0.3) is 0 Å². The number of nitrogens with zero attached hydrogens (tertiary/aromatic N) is 5. The lowest BCUT2D eigenvalue weighted by atomic mass is 9.85. The first-order valence-corrected chi connectivity index (χ1v) is 12.9. The number of rotatable bonds is 5. The van der Waals surface area contributed by atoms with Gasteiger partial charge in [-0.05, 0) is 49.1 Å². The number of nitrogens with one attached hydrogen (secondary N) is 1. The monoisotopic (exact) mass is 496 g/mol. The van der Waals surface area contributed by atoms with Gasteiger partial charge in [0.15, 0.2) is 0 Å². The number of aliphatic hydroxyl groups is 1. The molecule has 2 aromatic rings. The van der Waals surface area contributed by atoms with Gasteiger partial charge in [-0.3, -0.25) is 14.4 Å². The number of hydrogen-bond donors (Lipinski definition) is 2. The first kappa shape index (κ1) is 24.7. The standard InChI is InChI=1S/C26H36N6O4/c1-26(2,3)23(32-14-19(28-29-32)15-8-9-15)25(36)31-13-16(33)12-21(31)24(35)27-18-6-5-7-20-17(18)10-11-22(34)30(20)4/h10-11,14-16,18,21,23,33H,5-9,12-13H2,1-4H3,(H,27,35)/t16?,18?,21?,23-/m1/s1. The molecule has 2 amide bonds. The van der Waals surface area contributed by atoms with Crippen LogP contribution in [0.4, 0.5) is 0 Å². The number of fused-ring (bicyclic) bond motifs is 1. The zero-order chi connectivity index (χ0) is 25.8. The molecule has 0 spiro atoms. The lowest BCUT2D eigenvalue weighted by molar-refractivity contribution is -0.144. The summed E-state index contributed by atoms with van der Waals surface area (Å²) in [6.45, 7) is 6.01. The highest BCUT2D eigenvalue weighted by Gasteiger charge is 2.46. The van der Waals surface area contributed by atoms with Crippen LogP contribution in [0.3, 0.4) is 0 Å². The van der Waals surface area contributed by atoms with Crippen LogP contribution in [0.5, 0.6) is 0 Å². The minimum absolute atomic E-state index is 0.0670. The highest BCUT2D eigenvalue weighted by molar-refractivity contribution is 5.90. The Morgan fingerprint density at radius 2 is 1.94 bits per heavy atom. The zero-order valence-electron chi connectivity index (χ0n) is 21.5. The summed E-state index contributed by atoms with van der Waals surface area (Å²) < 4.78 is 3.28. The zero-order valence-corrected chi connectivity index (χ0v) is 21.5. The third-order valence-electron chi connectivity index (χ3n) is 7.78. The molecular formula is C26H36N6O4. The summed E-state index contributed by atoms with van der Waals surface area (Å²) in [7, 11) is 1.75. The Hall–Kier alpha value is -3.01. The Morgan fingerprint density at radius 3 is 2.64 bits per heavy atom. The number of hydrogen-bond acceptors (Lipinski definition) is 6. The molecule has 0 bridgehead atoms. The number of amides is 2. The maximum Gasteiger partial charge on any atom is 0.250 e. The van der Waals surface area contributed by atoms with E-state index in [2.05, 4.69) is 15.6 Å². The summed E-state index contributed by atoms with van der Waals surface area (Å²) >= 11 is 0. The van der Waals surface area contributed by atoms with E-state index in [0.29, 0.717) is 5.92 Å². The molecule has 0 radical (unpaired) electrons. The number of aromatic nitrogens is 4. The minimum atomic E-state index is -0.776. The van der Waals surface area contributed by atoms with Gasteiger partial charge in [0.05, 0.1) is 17.8 Å². The van der Waals surface area contributed by atoms with Crippen LogP contribution in [0.1, 0.15) is 87.8 Å². The quantitative estimate of drug-likeness (QED) is 0.648. The molecule has 0 aromatic carbocycles. The molecule has 5 rings (SSSR count). The van der Waals surface area contributed by atoms with E-state index in [9.17, 15) is 19.5 Å². The van der Waals surface area contributed by atoms with E-state index in [1.165, 1.54) is 11.0 Å². The largest absolute Gasteiger partial charge is 0.391 e. The lowest BCUT2D eigenvalue weighted by Crippen LogP contribution is -2.51. The number of likely N-dealkylation sites (tertiary alicyclic amines) is 1. The third kappa shape index (κ3) is 4.58. The predicted molar refractivity (Wildman–Crippen MR) is 132 cm³/mol. The van der Waals surface area contributed by atoms with Crippen LogP contribution in [-0.4, -0.2) is 60.1 Å². The van der Waals surface area contributed by atoms with Gasteiger partial charge < -0.3 is 19.9 Å². The van der Waals surface area contributed by atoms with Gasteiger partial charge in [-0.1, -0.05) is 26.0 Å². The Balaban J connectivity index is 1.38. The molecule has 3 unspecified atom stereocenters. The lowest BCUT2D eigenvalue weighted by Gasteiger charge is -2.35. The maximum absolute atomic E-state index is 13.9. The van der Waals surface area contributed by atoms with Crippen molar-refractivity contribution in [2.24, 2.45) is 12.5 Å². The van der Waals surface area contributed by atoms with E-state index < -0.39 is 23.6 Å². The van der Waals surface area contributed by atoms with E-state index in [1.54, 1.807) is 22.4 Å². The van der Waals surface area contributed by atoms with E-state index in [-0.39, 0.29) is 36.4 Å². The topological polar surface area (TPSA) is 122 Å². The summed E-state index contributed by atoms with van der Waals surface area (Å²) in [6, 6.07) is 1.66. The van der Waals surface area contributed by atoms with Crippen LogP contribution < -0.4 is 10.9 Å². The second kappa shape index (κ2) is 9.14. The van der Waals surface area contributed by atoms with Gasteiger partial charge in [0.2, 0.25) is 17.4 Å². The predicted octanol–water partition coefficient (Wildman–Crippen LogP) is 1.60. The van der Waals surface area contributed by atoms with E-state index in [0.717, 1.165) is 49.1 Å². The summed E-state index contributed by atoms with van der Waals surface area (Å²) in [6.07, 6.45) is 5.85. The van der Waals surface area contributed by atoms with Crippen LogP contribution in [-0.2, 0) is 23.1 Å². The second-order valence-electron chi connectivity index (χ2n) is 11.6. The molecule has 1 aliphatic heterocycles. The van der Waals surface area contributed by atoms with E-state index in [1.807, 2.05) is 27.0 Å². The SMILES string of the molecule is Cn1c2c(ccc1=O)C(NC(=O)C1CC(O)CN1C(=O)[C@@H](n1cc(C3CC3)nn1)C(C)(C)C)CCC2. The average Bonchev–Trinajstić information content (AvgIpc) is 3.42. The van der Waals surface area contributed by atoms with Crippen LogP contribution in [0.15, 0.2) is 23.1 Å². The number of pyridine rings is 1. The molecule has 36 heavy (non-hydrogen) atoms.